The third-order valence-electron chi connectivity index (χ3n) is 5.14. The normalized spacial score (nSPS) is 25.2. The summed E-state index contributed by atoms with van der Waals surface area (Å²) in [4.78, 5) is 12.5. The summed E-state index contributed by atoms with van der Waals surface area (Å²) in [5, 5.41) is 13.2. The van der Waals surface area contributed by atoms with Crippen LogP contribution in [0.3, 0.4) is 0 Å². The number of halogens is 2. The minimum absolute atomic E-state index is 0.0470. The Hall–Kier alpha value is -2.25. The maximum Gasteiger partial charge on any atom is 0.336 e. The molecular formula is C19H19F2NO4. The number of dihydropyridines is 1. The molecule has 138 valence electrons. The van der Waals surface area contributed by atoms with Crippen LogP contribution in [0.5, 0.6) is 0 Å². The van der Waals surface area contributed by atoms with Gasteiger partial charge < -0.3 is 19.9 Å². The second-order valence-corrected chi connectivity index (χ2v) is 6.72. The molecule has 1 aliphatic carbocycles. The molecule has 5 nitrogen and oxygen atoms in total. The Morgan fingerprint density at radius 2 is 2.15 bits per heavy atom. The van der Waals surface area contributed by atoms with Crippen molar-refractivity contribution in [1.82, 2.24) is 5.32 Å². The Labute approximate surface area is 149 Å². The van der Waals surface area contributed by atoms with E-state index in [0.717, 1.165) is 18.4 Å². The predicted octanol–water partition coefficient (Wildman–Crippen LogP) is 2.39. The topological polar surface area (TPSA) is 67.8 Å². The SMILES string of the molecule is COC(=O)C1=C(CF)NC2=C(C(O)OC2)[C@H]1c1cc(F)ccc1C1CC1. The van der Waals surface area contributed by atoms with E-state index in [4.69, 9.17) is 9.47 Å². The number of aliphatic hydroxyl groups excluding tert-OH is 1. The largest absolute Gasteiger partial charge is 0.466 e. The van der Waals surface area contributed by atoms with Crippen LogP contribution in [0, 0.1) is 5.82 Å². The average molecular weight is 363 g/mol. The van der Waals surface area contributed by atoms with Gasteiger partial charge in [-0.2, -0.15) is 0 Å². The number of allylic oxidation sites excluding steroid dienone is 1. The molecule has 2 N–H and O–H groups in total. The van der Waals surface area contributed by atoms with Crippen molar-refractivity contribution in [2.75, 3.05) is 20.4 Å². The molecule has 0 bridgehead atoms. The van der Waals surface area contributed by atoms with Crippen molar-refractivity contribution < 1.29 is 28.2 Å². The van der Waals surface area contributed by atoms with Gasteiger partial charge in [0.2, 0.25) is 0 Å². The molecule has 1 fully saturated rings. The van der Waals surface area contributed by atoms with Gasteiger partial charge in [-0.15, -0.1) is 0 Å². The van der Waals surface area contributed by atoms with Crippen molar-refractivity contribution in [1.29, 1.82) is 0 Å². The summed E-state index contributed by atoms with van der Waals surface area (Å²) in [7, 11) is 1.21. The smallest absolute Gasteiger partial charge is 0.336 e. The van der Waals surface area contributed by atoms with Gasteiger partial charge in [0.1, 0.15) is 12.5 Å². The highest BCUT2D eigenvalue weighted by molar-refractivity contribution is 5.93. The quantitative estimate of drug-likeness (QED) is 0.804. The van der Waals surface area contributed by atoms with Crippen LogP contribution >= 0.6 is 0 Å². The van der Waals surface area contributed by atoms with Crippen LogP contribution in [-0.4, -0.2) is 37.8 Å². The minimum Gasteiger partial charge on any atom is -0.466 e. The molecule has 4 rings (SSSR count). The first kappa shape index (κ1) is 17.2. The molecule has 1 aromatic rings. The lowest BCUT2D eigenvalue weighted by Crippen LogP contribution is -2.33. The Morgan fingerprint density at radius 3 is 2.81 bits per heavy atom. The van der Waals surface area contributed by atoms with Crippen LogP contribution in [0.15, 0.2) is 40.7 Å². The Morgan fingerprint density at radius 1 is 1.38 bits per heavy atom. The number of ether oxygens (including phenoxy) is 2. The number of hydrogen-bond acceptors (Lipinski definition) is 5. The minimum atomic E-state index is -1.25. The highest BCUT2D eigenvalue weighted by Gasteiger charge is 2.43. The fraction of sp³-hybridized carbons (Fsp3) is 0.421. The number of methoxy groups -OCH3 is 1. The second kappa shape index (κ2) is 6.48. The third-order valence-corrected chi connectivity index (χ3v) is 5.14. The van der Waals surface area contributed by atoms with Crippen molar-refractivity contribution in [3.05, 3.63) is 57.7 Å². The Kier molecular flexibility index (Phi) is 4.28. The van der Waals surface area contributed by atoms with Crippen LogP contribution in [-0.2, 0) is 14.3 Å². The van der Waals surface area contributed by atoms with Crippen LogP contribution in [0.2, 0.25) is 0 Å². The Bertz CT molecular complexity index is 829. The standard InChI is InChI=1S/C19H19F2NO4/c1-25-18(23)16-13(7-20)22-14-8-26-19(24)17(14)15(16)12-6-10(21)4-5-11(12)9-2-3-9/h4-6,9,15,19,22,24H,2-3,7-8H2,1H3/t15-,19?/m0/s1. The highest BCUT2D eigenvalue weighted by Crippen LogP contribution is 2.49. The van der Waals surface area contributed by atoms with Gasteiger partial charge in [0, 0.05) is 17.2 Å². The maximum atomic E-state index is 14.1. The molecule has 1 unspecified atom stereocenters. The van der Waals surface area contributed by atoms with E-state index in [0.29, 0.717) is 16.8 Å². The van der Waals surface area contributed by atoms with Gasteiger partial charge in [0.05, 0.1) is 25.0 Å². The Balaban J connectivity index is 1.94. The number of carbonyl (C=O) groups is 1. The molecule has 0 radical (unpaired) electrons. The molecule has 0 saturated heterocycles. The number of hydrogen-bond donors (Lipinski definition) is 2. The van der Waals surface area contributed by atoms with Gasteiger partial charge in [-0.3, -0.25) is 0 Å². The monoisotopic (exact) mass is 363 g/mol. The van der Waals surface area contributed by atoms with Crippen LogP contribution in [0.1, 0.15) is 35.8 Å². The fourth-order valence-corrected chi connectivity index (χ4v) is 3.83. The fourth-order valence-electron chi connectivity index (χ4n) is 3.83. The number of esters is 1. The van der Waals surface area contributed by atoms with E-state index in [1.807, 2.05) is 0 Å². The summed E-state index contributed by atoms with van der Waals surface area (Å²) in [6.45, 7) is -0.846. The zero-order chi connectivity index (χ0) is 18.4. The van der Waals surface area contributed by atoms with Crippen LogP contribution in [0.4, 0.5) is 8.78 Å². The molecule has 1 aromatic carbocycles. The van der Waals surface area contributed by atoms with Gasteiger partial charge in [0.15, 0.2) is 6.29 Å². The third kappa shape index (κ3) is 2.71. The molecular weight excluding hydrogens is 344 g/mol. The molecule has 7 heteroatoms. The molecule has 2 aliphatic heterocycles. The number of carbonyl (C=O) groups excluding carboxylic acids is 1. The van der Waals surface area contributed by atoms with Gasteiger partial charge in [0.25, 0.3) is 0 Å². The van der Waals surface area contributed by atoms with Crippen molar-refractivity contribution >= 4 is 5.97 Å². The molecule has 3 aliphatic rings. The zero-order valence-corrected chi connectivity index (χ0v) is 14.2. The van der Waals surface area contributed by atoms with Crippen molar-refractivity contribution in [2.24, 2.45) is 0 Å². The van der Waals surface area contributed by atoms with Gasteiger partial charge in [-0.05, 0) is 42.0 Å². The van der Waals surface area contributed by atoms with E-state index in [-0.39, 0.29) is 23.8 Å². The first-order chi connectivity index (χ1) is 12.5. The van der Waals surface area contributed by atoms with Gasteiger partial charge >= 0.3 is 5.97 Å². The zero-order valence-electron chi connectivity index (χ0n) is 14.2. The van der Waals surface area contributed by atoms with E-state index in [1.165, 1.54) is 19.2 Å². The van der Waals surface area contributed by atoms with Gasteiger partial charge in [-0.25, -0.2) is 13.6 Å². The van der Waals surface area contributed by atoms with Gasteiger partial charge in [-0.1, -0.05) is 6.07 Å². The van der Waals surface area contributed by atoms with E-state index < -0.39 is 30.7 Å². The molecule has 0 spiro atoms. The van der Waals surface area contributed by atoms with E-state index in [1.54, 1.807) is 6.07 Å². The molecule has 0 amide bonds. The summed E-state index contributed by atoms with van der Waals surface area (Å²) >= 11 is 0. The molecule has 0 aromatic heterocycles. The van der Waals surface area contributed by atoms with E-state index in [2.05, 4.69) is 5.32 Å². The van der Waals surface area contributed by atoms with Crippen LogP contribution < -0.4 is 5.32 Å². The predicted molar refractivity (Wildman–Crippen MR) is 88.3 cm³/mol. The average Bonchev–Trinajstić information content (AvgIpc) is 3.43. The van der Waals surface area contributed by atoms with E-state index >= 15 is 0 Å². The lowest BCUT2D eigenvalue weighted by Gasteiger charge is -2.31. The van der Waals surface area contributed by atoms with Crippen molar-refractivity contribution in [3.63, 3.8) is 0 Å². The number of rotatable bonds is 4. The molecule has 2 atom stereocenters. The number of aliphatic hydroxyl groups is 1. The van der Waals surface area contributed by atoms with Crippen molar-refractivity contribution in [3.8, 4) is 0 Å². The maximum absolute atomic E-state index is 14.1. The summed E-state index contributed by atoms with van der Waals surface area (Å²) < 4.78 is 37.9. The first-order valence-electron chi connectivity index (χ1n) is 8.51. The van der Waals surface area contributed by atoms with E-state index in [9.17, 15) is 18.7 Å². The summed E-state index contributed by atoms with van der Waals surface area (Å²) in [6, 6.07) is 4.45. The number of benzene rings is 1. The second-order valence-electron chi connectivity index (χ2n) is 6.72. The summed E-state index contributed by atoms with van der Waals surface area (Å²) in [6.07, 6.45) is 0.697. The molecule has 1 saturated carbocycles. The lowest BCUT2D eigenvalue weighted by molar-refractivity contribution is -0.136. The number of nitrogens with one attached hydrogen (secondary N) is 1. The number of alkyl halides is 1. The lowest BCUT2D eigenvalue weighted by atomic mass is 9.78. The summed E-state index contributed by atoms with van der Waals surface area (Å²) in [5.74, 6) is -1.71. The highest BCUT2D eigenvalue weighted by atomic mass is 19.1. The molecule has 2 heterocycles. The van der Waals surface area contributed by atoms with Crippen molar-refractivity contribution in [2.45, 2.75) is 31.0 Å². The summed E-state index contributed by atoms with van der Waals surface area (Å²) in [5.41, 5.74) is 2.49. The molecule has 26 heavy (non-hydrogen) atoms. The van der Waals surface area contributed by atoms with Crippen LogP contribution in [0.25, 0.3) is 0 Å². The first-order valence-corrected chi connectivity index (χ1v) is 8.51.